The van der Waals surface area contributed by atoms with Crippen LogP contribution >= 0.6 is 11.6 Å². The van der Waals surface area contributed by atoms with Crippen LogP contribution in [0.3, 0.4) is 0 Å². The van der Waals surface area contributed by atoms with Gasteiger partial charge >= 0.3 is 0 Å². The van der Waals surface area contributed by atoms with Gasteiger partial charge < -0.3 is 9.73 Å². The van der Waals surface area contributed by atoms with Gasteiger partial charge in [0.2, 0.25) is 0 Å². The number of amides is 1. The van der Waals surface area contributed by atoms with Crippen molar-refractivity contribution in [1.82, 2.24) is 5.32 Å². The van der Waals surface area contributed by atoms with Crippen molar-refractivity contribution in [2.75, 3.05) is 4.72 Å². The third-order valence-electron chi connectivity index (χ3n) is 4.11. The van der Waals surface area contributed by atoms with Crippen LogP contribution in [0.1, 0.15) is 27.2 Å². The Balaban J connectivity index is 1.84. The van der Waals surface area contributed by atoms with Gasteiger partial charge in [0.15, 0.2) is 0 Å². The molecule has 0 saturated carbocycles. The first-order valence-corrected chi connectivity index (χ1v) is 10.3. The number of rotatable bonds is 6. The molecule has 1 aromatic heterocycles. The first-order valence-electron chi connectivity index (χ1n) is 8.46. The van der Waals surface area contributed by atoms with Crippen LogP contribution in [-0.2, 0) is 16.6 Å². The number of hydrogen-bond donors (Lipinski definition) is 2. The van der Waals surface area contributed by atoms with Crippen LogP contribution in [0.2, 0.25) is 5.02 Å². The number of benzene rings is 2. The molecule has 0 bridgehead atoms. The lowest BCUT2D eigenvalue weighted by Gasteiger charge is -2.13. The van der Waals surface area contributed by atoms with Gasteiger partial charge in [0.05, 0.1) is 23.5 Å². The van der Waals surface area contributed by atoms with Crippen LogP contribution < -0.4 is 10.0 Å². The van der Waals surface area contributed by atoms with Gasteiger partial charge in [-0.25, -0.2) is 8.42 Å². The number of furan rings is 1. The van der Waals surface area contributed by atoms with Crippen LogP contribution in [0, 0.1) is 13.8 Å². The van der Waals surface area contributed by atoms with Crippen molar-refractivity contribution < 1.29 is 17.6 Å². The highest BCUT2D eigenvalue weighted by atomic mass is 35.5. The average molecular weight is 419 g/mol. The van der Waals surface area contributed by atoms with Crippen molar-refractivity contribution in [2.24, 2.45) is 0 Å². The monoisotopic (exact) mass is 418 g/mol. The first kappa shape index (κ1) is 20.0. The Morgan fingerprint density at radius 3 is 2.57 bits per heavy atom. The normalized spacial score (nSPS) is 11.2. The number of nitrogens with one attached hydrogen (secondary N) is 2. The smallest absolute Gasteiger partial charge is 0.263 e. The quantitative estimate of drug-likeness (QED) is 0.625. The molecule has 0 aliphatic heterocycles. The minimum Gasteiger partial charge on any atom is -0.467 e. The number of aryl methyl sites for hydroxylation is 2. The van der Waals surface area contributed by atoms with Gasteiger partial charge in [-0.2, -0.15) is 0 Å². The van der Waals surface area contributed by atoms with Crippen LogP contribution in [0.5, 0.6) is 0 Å². The predicted octanol–water partition coefficient (Wildman–Crippen LogP) is 4.28. The van der Waals surface area contributed by atoms with Crippen molar-refractivity contribution in [2.45, 2.75) is 25.3 Å². The zero-order valence-electron chi connectivity index (χ0n) is 15.3. The lowest BCUT2D eigenvalue weighted by atomic mass is 10.1. The molecule has 28 heavy (non-hydrogen) atoms. The lowest BCUT2D eigenvalue weighted by Crippen LogP contribution is -2.23. The molecule has 3 rings (SSSR count). The molecular weight excluding hydrogens is 400 g/mol. The highest BCUT2D eigenvalue weighted by Crippen LogP contribution is 2.26. The minimum absolute atomic E-state index is 0.0276. The van der Waals surface area contributed by atoms with Crippen molar-refractivity contribution in [3.8, 4) is 0 Å². The summed E-state index contributed by atoms with van der Waals surface area (Å²) in [6.45, 7) is 3.93. The molecule has 0 spiro atoms. The van der Waals surface area contributed by atoms with Gasteiger partial charge in [-0.3, -0.25) is 9.52 Å². The number of hydrogen-bond acceptors (Lipinski definition) is 4. The Kier molecular flexibility index (Phi) is 5.76. The molecule has 8 heteroatoms. The van der Waals surface area contributed by atoms with E-state index in [0.717, 1.165) is 11.1 Å². The van der Waals surface area contributed by atoms with E-state index in [1.54, 1.807) is 18.2 Å². The molecule has 0 aliphatic rings. The molecule has 0 unspecified atom stereocenters. The number of halogens is 1. The Morgan fingerprint density at radius 1 is 1.11 bits per heavy atom. The maximum Gasteiger partial charge on any atom is 0.263 e. The summed E-state index contributed by atoms with van der Waals surface area (Å²) in [6, 6.07) is 12.9. The van der Waals surface area contributed by atoms with E-state index in [1.807, 2.05) is 26.0 Å². The highest BCUT2D eigenvalue weighted by Gasteiger charge is 2.21. The van der Waals surface area contributed by atoms with Crippen molar-refractivity contribution in [3.63, 3.8) is 0 Å². The zero-order valence-corrected chi connectivity index (χ0v) is 16.9. The number of anilines is 1. The summed E-state index contributed by atoms with van der Waals surface area (Å²) >= 11 is 6.11. The van der Waals surface area contributed by atoms with Crippen molar-refractivity contribution >= 4 is 33.2 Å². The molecular formula is C20H19ClN2O4S. The zero-order chi connectivity index (χ0) is 20.3. The van der Waals surface area contributed by atoms with E-state index in [-0.39, 0.29) is 22.0 Å². The molecule has 1 amide bonds. The van der Waals surface area contributed by atoms with Gasteiger partial charge in [-0.05, 0) is 55.8 Å². The fraction of sp³-hybridized carbons (Fsp3) is 0.150. The average Bonchev–Trinajstić information content (AvgIpc) is 3.16. The van der Waals surface area contributed by atoms with Crippen molar-refractivity contribution in [1.29, 1.82) is 0 Å². The summed E-state index contributed by atoms with van der Waals surface area (Å²) in [5, 5.41) is 2.70. The Bertz CT molecular complexity index is 1110. The largest absolute Gasteiger partial charge is 0.467 e. The van der Waals surface area contributed by atoms with Crippen LogP contribution in [0.25, 0.3) is 0 Å². The Labute approximate surface area is 168 Å². The van der Waals surface area contributed by atoms with E-state index in [2.05, 4.69) is 10.0 Å². The molecule has 0 saturated heterocycles. The molecule has 0 atom stereocenters. The lowest BCUT2D eigenvalue weighted by molar-refractivity contribution is 0.0948. The summed E-state index contributed by atoms with van der Waals surface area (Å²) < 4.78 is 33.4. The number of carbonyl (C=O) groups is 1. The topological polar surface area (TPSA) is 88.4 Å². The van der Waals surface area contributed by atoms with Crippen LogP contribution in [-0.4, -0.2) is 14.3 Å². The van der Waals surface area contributed by atoms with Gasteiger partial charge in [0.25, 0.3) is 15.9 Å². The van der Waals surface area contributed by atoms with Gasteiger partial charge in [0, 0.05) is 5.56 Å². The van der Waals surface area contributed by atoms with Gasteiger partial charge in [-0.15, -0.1) is 0 Å². The van der Waals surface area contributed by atoms with E-state index >= 15 is 0 Å². The fourth-order valence-electron chi connectivity index (χ4n) is 2.66. The second kappa shape index (κ2) is 8.08. The summed E-state index contributed by atoms with van der Waals surface area (Å²) in [5.41, 5.74) is 2.44. The molecule has 3 aromatic rings. The number of sulfonamides is 1. The van der Waals surface area contributed by atoms with E-state index in [0.29, 0.717) is 11.4 Å². The maximum atomic E-state index is 12.8. The second-order valence-corrected chi connectivity index (χ2v) is 8.39. The summed E-state index contributed by atoms with van der Waals surface area (Å²) in [4.78, 5) is 12.2. The molecule has 0 radical (unpaired) electrons. The minimum atomic E-state index is -3.97. The van der Waals surface area contributed by atoms with Gasteiger partial charge in [0.1, 0.15) is 10.7 Å². The summed E-state index contributed by atoms with van der Waals surface area (Å²) in [7, 11) is -3.97. The van der Waals surface area contributed by atoms with E-state index in [4.69, 9.17) is 16.0 Å². The molecule has 0 fully saturated rings. The molecule has 2 aromatic carbocycles. The van der Waals surface area contributed by atoms with Crippen LogP contribution in [0.4, 0.5) is 5.69 Å². The molecule has 146 valence electrons. The third kappa shape index (κ3) is 4.55. The standard InChI is InChI=1S/C20H19ClN2O4S/c1-13-5-8-18(14(2)10-13)23-28(25,26)19-11-15(6-7-17(19)21)20(24)22-12-16-4-3-9-27-16/h3-11,23H,12H2,1-2H3,(H,22,24). The maximum absolute atomic E-state index is 12.8. The highest BCUT2D eigenvalue weighted by molar-refractivity contribution is 7.92. The van der Waals surface area contributed by atoms with E-state index in [9.17, 15) is 13.2 Å². The fourth-order valence-corrected chi connectivity index (χ4v) is 4.32. The van der Waals surface area contributed by atoms with E-state index in [1.165, 1.54) is 24.5 Å². The number of carbonyl (C=O) groups excluding carboxylic acids is 1. The van der Waals surface area contributed by atoms with Crippen LogP contribution in [0.15, 0.2) is 64.1 Å². The third-order valence-corrected chi connectivity index (χ3v) is 5.96. The van der Waals surface area contributed by atoms with Gasteiger partial charge in [-0.1, -0.05) is 29.3 Å². The summed E-state index contributed by atoms with van der Waals surface area (Å²) in [5.74, 6) is 0.155. The molecule has 1 heterocycles. The SMILES string of the molecule is Cc1ccc(NS(=O)(=O)c2cc(C(=O)NCc3ccco3)ccc2Cl)c(C)c1. The predicted molar refractivity (Wildman–Crippen MR) is 108 cm³/mol. The first-order chi connectivity index (χ1) is 13.3. The van der Waals surface area contributed by atoms with Crippen molar-refractivity contribution in [3.05, 3.63) is 82.3 Å². The Hall–Kier alpha value is -2.77. The molecule has 0 aliphatic carbocycles. The Morgan fingerprint density at radius 2 is 1.89 bits per heavy atom. The summed E-state index contributed by atoms with van der Waals surface area (Å²) in [6.07, 6.45) is 1.51. The molecule has 2 N–H and O–H groups in total. The molecule has 6 nitrogen and oxygen atoms in total. The second-order valence-electron chi connectivity index (χ2n) is 6.33. The van der Waals surface area contributed by atoms with E-state index < -0.39 is 15.9 Å².